The van der Waals surface area contributed by atoms with Crippen LogP contribution in [-0.2, 0) is 11.2 Å². The van der Waals surface area contributed by atoms with E-state index in [0.29, 0.717) is 11.9 Å². The molecule has 0 spiro atoms. The van der Waals surface area contributed by atoms with E-state index >= 15 is 0 Å². The maximum Gasteiger partial charge on any atom is 0.413 e. The van der Waals surface area contributed by atoms with Crippen molar-refractivity contribution in [2.24, 2.45) is 0 Å². The van der Waals surface area contributed by atoms with Gasteiger partial charge in [-0.2, -0.15) is 0 Å². The van der Waals surface area contributed by atoms with E-state index in [0.717, 1.165) is 11.1 Å². The number of carbonyl (C=O) groups excluding carboxylic acids is 1. The summed E-state index contributed by atoms with van der Waals surface area (Å²) in [7, 11) is 1.22. The van der Waals surface area contributed by atoms with Crippen LogP contribution < -0.4 is 10.9 Å². The normalized spacial score (nSPS) is 10.6. The molecule has 112 valence electrons. The number of amides is 1. The lowest BCUT2D eigenvalue weighted by Crippen LogP contribution is -2.17. The highest BCUT2D eigenvalue weighted by Gasteiger charge is 2.14. The van der Waals surface area contributed by atoms with Crippen molar-refractivity contribution in [3.63, 3.8) is 0 Å². The molecule has 0 fully saturated rings. The Kier molecular flexibility index (Phi) is 3.57. The third kappa shape index (κ3) is 2.66. The van der Waals surface area contributed by atoms with Crippen molar-refractivity contribution >= 4 is 23.1 Å². The summed E-state index contributed by atoms with van der Waals surface area (Å²) in [5, 5.41) is 2.32. The molecule has 0 aliphatic heterocycles. The smallest absolute Gasteiger partial charge is 0.413 e. The second-order valence-electron chi connectivity index (χ2n) is 4.51. The van der Waals surface area contributed by atoms with Gasteiger partial charge in [0.2, 0.25) is 11.5 Å². The molecule has 0 aromatic carbocycles. The Morgan fingerprint density at radius 1 is 1.50 bits per heavy atom. The fourth-order valence-electron chi connectivity index (χ4n) is 2.03. The Balaban J connectivity index is 2.01. The Labute approximate surface area is 124 Å². The first-order valence-electron chi connectivity index (χ1n) is 6.41. The van der Waals surface area contributed by atoms with Gasteiger partial charge in [-0.3, -0.25) is 20.1 Å². The number of nitrogens with one attached hydrogen (secondary N) is 2. The summed E-state index contributed by atoms with van der Waals surface area (Å²) in [6.07, 6.45) is 4.66. The summed E-state index contributed by atoms with van der Waals surface area (Å²) in [6, 6.07) is 3.73. The van der Waals surface area contributed by atoms with Gasteiger partial charge in [-0.05, 0) is 11.6 Å². The van der Waals surface area contributed by atoms with Crippen LogP contribution in [0.4, 0.5) is 10.7 Å². The number of fused-ring (bicyclic) bond motifs is 1. The van der Waals surface area contributed by atoms with Gasteiger partial charge in [0.25, 0.3) is 5.56 Å². The molecule has 8 heteroatoms. The van der Waals surface area contributed by atoms with E-state index in [2.05, 4.69) is 25.0 Å². The average molecular weight is 300 g/mol. The van der Waals surface area contributed by atoms with Gasteiger partial charge in [-0.25, -0.2) is 9.78 Å². The number of aromatic nitrogens is 3. The third-order valence-corrected chi connectivity index (χ3v) is 3.02. The van der Waals surface area contributed by atoms with Crippen LogP contribution in [0.2, 0.25) is 0 Å². The van der Waals surface area contributed by atoms with Crippen LogP contribution in [-0.4, -0.2) is 28.2 Å². The minimum atomic E-state index is -0.722. The number of furan rings is 1. The molecule has 2 N–H and O–H groups in total. The maximum atomic E-state index is 11.9. The van der Waals surface area contributed by atoms with Crippen LogP contribution >= 0.6 is 0 Å². The van der Waals surface area contributed by atoms with Crippen LogP contribution in [0.25, 0.3) is 11.1 Å². The minimum absolute atomic E-state index is 0.00168. The van der Waals surface area contributed by atoms with E-state index in [4.69, 9.17) is 4.42 Å². The topological polar surface area (TPSA) is 110 Å². The second-order valence-corrected chi connectivity index (χ2v) is 4.51. The van der Waals surface area contributed by atoms with E-state index in [1.807, 2.05) is 12.1 Å². The predicted molar refractivity (Wildman–Crippen MR) is 77.7 cm³/mol. The summed E-state index contributed by atoms with van der Waals surface area (Å²) in [4.78, 5) is 33.8. The molecule has 0 saturated heterocycles. The molecule has 0 aliphatic carbocycles. The van der Waals surface area contributed by atoms with Crippen molar-refractivity contribution < 1.29 is 13.9 Å². The van der Waals surface area contributed by atoms with E-state index in [-0.39, 0.29) is 11.5 Å². The zero-order valence-electron chi connectivity index (χ0n) is 11.6. The summed E-state index contributed by atoms with van der Waals surface area (Å²) in [6.45, 7) is 0. The number of carbonyl (C=O) groups is 1. The highest BCUT2D eigenvalue weighted by Crippen LogP contribution is 2.20. The first kappa shape index (κ1) is 13.8. The van der Waals surface area contributed by atoms with Crippen LogP contribution in [0.3, 0.4) is 0 Å². The summed E-state index contributed by atoms with van der Waals surface area (Å²) in [5.74, 6) is -0.00168. The third-order valence-electron chi connectivity index (χ3n) is 3.02. The van der Waals surface area contributed by atoms with Crippen molar-refractivity contribution in [3.05, 3.63) is 52.3 Å². The van der Waals surface area contributed by atoms with Crippen LogP contribution in [0, 0.1) is 0 Å². The van der Waals surface area contributed by atoms with Gasteiger partial charge in [0.05, 0.1) is 13.4 Å². The number of ether oxygens (including phenoxy) is 1. The largest absolute Gasteiger partial charge is 0.456 e. The lowest BCUT2D eigenvalue weighted by atomic mass is 10.1. The van der Waals surface area contributed by atoms with Crippen molar-refractivity contribution in [1.82, 2.24) is 15.0 Å². The first-order valence-corrected chi connectivity index (χ1v) is 6.41. The fourth-order valence-corrected chi connectivity index (χ4v) is 2.03. The molecule has 3 heterocycles. The lowest BCUT2D eigenvalue weighted by Gasteiger charge is -2.03. The van der Waals surface area contributed by atoms with Gasteiger partial charge in [0.1, 0.15) is 5.52 Å². The molecule has 0 bridgehead atoms. The minimum Gasteiger partial charge on any atom is -0.456 e. The van der Waals surface area contributed by atoms with Gasteiger partial charge >= 0.3 is 6.09 Å². The Morgan fingerprint density at radius 3 is 3.09 bits per heavy atom. The van der Waals surface area contributed by atoms with E-state index in [9.17, 15) is 9.59 Å². The van der Waals surface area contributed by atoms with Crippen molar-refractivity contribution in [2.45, 2.75) is 6.42 Å². The molecule has 0 radical (unpaired) electrons. The number of H-pyrrole nitrogens is 1. The number of pyridine rings is 1. The van der Waals surface area contributed by atoms with E-state index in [1.165, 1.54) is 13.4 Å². The van der Waals surface area contributed by atoms with Gasteiger partial charge in [0.15, 0.2) is 0 Å². The van der Waals surface area contributed by atoms with E-state index < -0.39 is 11.7 Å². The number of hydrogen-bond donors (Lipinski definition) is 2. The van der Waals surface area contributed by atoms with Crippen LogP contribution in [0.15, 0.2) is 40.0 Å². The number of anilines is 1. The summed E-state index contributed by atoms with van der Waals surface area (Å²) >= 11 is 0. The standard InChI is InChI=1S/C14H12N4O4/c1-21-14(20)18-13-16-10-9(5-8-3-2-4-15-6-8)7-22-11(10)12(19)17-13/h2-4,6-7H,5H2,1H3,(H2,16,17,18,19,20). The summed E-state index contributed by atoms with van der Waals surface area (Å²) in [5.41, 5.74) is 1.69. The van der Waals surface area contributed by atoms with Crippen LogP contribution in [0.1, 0.15) is 11.1 Å². The number of aromatic amines is 1. The number of methoxy groups -OCH3 is 1. The fraction of sp³-hybridized carbons (Fsp3) is 0.143. The van der Waals surface area contributed by atoms with Gasteiger partial charge in [0, 0.05) is 24.4 Å². The number of hydrogen-bond acceptors (Lipinski definition) is 6. The first-order chi connectivity index (χ1) is 10.7. The molecular weight excluding hydrogens is 288 g/mol. The van der Waals surface area contributed by atoms with Gasteiger partial charge in [-0.15, -0.1) is 0 Å². The van der Waals surface area contributed by atoms with Crippen molar-refractivity contribution in [1.29, 1.82) is 0 Å². The Hall–Kier alpha value is -3.16. The molecular formula is C14H12N4O4. The Bertz CT molecular complexity index is 869. The average Bonchev–Trinajstić information content (AvgIpc) is 2.92. The SMILES string of the molecule is COC(=O)Nc1nc2c(Cc3cccnc3)coc2c(=O)[nH]1. The Morgan fingerprint density at radius 2 is 2.36 bits per heavy atom. The second kappa shape index (κ2) is 5.68. The molecule has 0 saturated carbocycles. The highest BCUT2D eigenvalue weighted by molar-refractivity contribution is 5.84. The predicted octanol–water partition coefficient (Wildman–Crippen LogP) is 1.68. The maximum absolute atomic E-state index is 11.9. The van der Waals surface area contributed by atoms with Crippen LogP contribution in [0.5, 0.6) is 0 Å². The van der Waals surface area contributed by atoms with Gasteiger partial charge in [-0.1, -0.05) is 6.07 Å². The number of nitrogens with zero attached hydrogens (tertiary/aromatic N) is 2. The molecule has 3 aromatic heterocycles. The van der Waals surface area contributed by atoms with E-state index in [1.54, 1.807) is 12.4 Å². The molecule has 0 aliphatic rings. The van der Waals surface area contributed by atoms with Crippen molar-refractivity contribution in [3.8, 4) is 0 Å². The molecule has 1 amide bonds. The zero-order valence-corrected chi connectivity index (χ0v) is 11.6. The van der Waals surface area contributed by atoms with Gasteiger partial charge < -0.3 is 9.15 Å². The molecule has 8 nitrogen and oxygen atoms in total. The zero-order chi connectivity index (χ0) is 15.5. The molecule has 3 aromatic rings. The highest BCUT2D eigenvalue weighted by atomic mass is 16.5. The molecule has 22 heavy (non-hydrogen) atoms. The monoisotopic (exact) mass is 300 g/mol. The van der Waals surface area contributed by atoms with Crippen molar-refractivity contribution in [2.75, 3.05) is 12.4 Å². The molecule has 0 unspecified atom stereocenters. The lowest BCUT2D eigenvalue weighted by molar-refractivity contribution is 0.186. The molecule has 3 rings (SSSR count). The quantitative estimate of drug-likeness (QED) is 0.761. The summed E-state index contributed by atoms with van der Waals surface area (Å²) < 4.78 is 9.74. The number of rotatable bonds is 3. The molecule has 0 atom stereocenters.